The fourth-order valence-electron chi connectivity index (χ4n) is 6.84. The number of carbonyl (C=O) groups is 2. The van der Waals surface area contributed by atoms with E-state index in [1.54, 1.807) is 12.2 Å². The number of aliphatic hydroxyl groups excluding tert-OH is 2. The molecule has 0 radical (unpaired) electrons. The van der Waals surface area contributed by atoms with Gasteiger partial charge in [-0.05, 0) is 48.3 Å². The second-order valence-electron chi connectivity index (χ2n) is 9.36. The lowest BCUT2D eigenvalue weighted by Gasteiger charge is -2.57. The van der Waals surface area contributed by atoms with Crippen LogP contribution >= 0.6 is 0 Å². The van der Waals surface area contributed by atoms with Crippen molar-refractivity contribution in [2.75, 3.05) is 6.61 Å². The number of ketones is 2. The van der Waals surface area contributed by atoms with E-state index in [0.717, 1.165) is 5.57 Å². The summed E-state index contributed by atoms with van der Waals surface area (Å²) < 4.78 is 0. The van der Waals surface area contributed by atoms with Crippen LogP contribution in [-0.4, -0.2) is 45.2 Å². The van der Waals surface area contributed by atoms with Crippen LogP contribution in [0.3, 0.4) is 0 Å². The van der Waals surface area contributed by atoms with Gasteiger partial charge in [0.05, 0.1) is 6.10 Å². The molecular formula is C22H28O5. The van der Waals surface area contributed by atoms with E-state index in [0.29, 0.717) is 12.8 Å². The van der Waals surface area contributed by atoms with Crippen LogP contribution in [0.2, 0.25) is 0 Å². The quantitative estimate of drug-likeness (QED) is 0.684. The Bertz CT molecular complexity index is 795. The Balaban J connectivity index is 1.83. The van der Waals surface area contributed by atoms with E-state index < -0.39 is 34.9 Å². The van der Waals surface area contributed by atoms with E-state index in [1.807, 2.05) is 26.0 Å². The topological polar surface area (TPSA) is 94.8 Å². The van der Waals surface area contributed by atoms with E-state index in [2.05, 4.69) is 13.0 Å². The first-order chi connectivity index (χ1) is 12.6. The zero-order valence-electron chi connectivity index (χ0n) is 16.1. The van der Waals surface area contributed by atoms with E-state index >= 15 is 0 Å². The summed E-state index contributed by atoms with van der Waals surface area (Å²) in [5.74, 6) is -1.00. The van der Waals surface area contributed by atoms with E-state index in [-0.39, 0.29) is 29.5 Å². The molecule has 2 unspecified atom stereocenters. The lowest BCUT2D eigenvalue weighted by atomic mass is 9.47. The van der Waals surface area contributed by atoms with Gasteiger partial charge in [0, 0.05) is 16.7 Å². The molecule has 5 nitrogen and oxygen atoms in total. The molecule has 0 bridgehead atoms. The van der Waals surface area contributed by atoms with Crippen molar-refractivity contribution in [1.82, 2.24) is 0 Å². The molecule has 0 saturated heterocycles. The SMILES string of the molecule is CC1C[C@H]2[C@@H]3C=CC4=CC(=O)C=C[C@]4(C)[C@H]3C(O)C[C@]2(C)[C@@]1(O)C(=O)CO. The Labute approximate surface area is 159 Å². The van der Waals surface area contributed by atoms with Crippen LogP contribution < -0.4 is 0 Å². The number of rotatable bonds is 2. The molecule has 4 aliphatic rings. The van der Waals surface area contributed by atoms with Crippen molar-refractivity contribution in [1.29, 1.82) is 0 Å². The van der Waals surface area contributed by atoms with Crippen molar-refractivity contribution < 1.29 is 24.9 Å². The van der Waals surface area contributed by atoms with Crippen molar-refractivity contribution >= 4 is 11.6 Å². The summed E-state index contributed by atoms with van der Waals surface area (Å²) in [5, 5.41) is 32.1. The zero-order valence-corrected chi connectivity index (χ0v) is 16.1. The maximum absolute atomic E-state index is 12.5. The summed E-state index contributed by atoms with van der Waals surface area (Å²) in [5.41, 5.74) is -1.98. The molecule has 0 aliphatic heterocycles. The number of aliphatic hydroxyl groups is 3. The first-order valence-electron chi connectivity index (χ1n) is 9.77. The molecule has 0 aromatic carbocycles. The smallest absolute Gasteiger partial charge is 0.190 e. The molecule has 0 spiro atoms. The molecule has 27 heavy (non-hydrogen) atoms. The number of allylic oxidation sites excluding steroid dienone is 6. The fourth-order valence-corrected chi connectivity index (χ4v) is 6.84. The molecule has 0 aromatic heterocycles. The van der Waals surface area contributed by atoms with E-state index in [4.69, 9.17) is 0 Å². The normalized spacial score (nSPS) is 50.7. The summed E-state index contributed by atoms with van der Waals surface area (Å²) in [6.45, 7) is 5.10. The Morgan fingerprint density at radius 2 is 2.00 bits per heavy atom. The van der Waals surface area contributed by atoms with Crippen LogP contribution in [0.4, 0.5) is 0 Å². The summed E-state index contributed by atoms with van der Waals surface area (Å²) in [6.07, 6.45) is 9.37. The van der Waals surface area contributed by atoms with Gasteiger partial charge in [-0.2, -0.15) is 0 Å². The minimum Gasteiger partial charge on any atom is -0.393 e. The lowest BCUT2D eigenvalue weighted by Crippen LogP contribution is -2.62. The van der Waals surface area contributed by atoms with Crippen LogP contribution in [0.25, 0.3) is 0 Å². The predicted molar refractivity (Wildman–Crippen MR) is 99.5 cm³/mol. The zero-order chi connectivity index (χ0) is 19.8. The highest BCUT2D eigenvalue weighted by atomic mass is 16.3. The number of fused-ring (bicyclic) bond motifs is 5. The van der Waals surface area contributed by atoms with Crippen LogP contribution in [0.1, 0.15) is 33.6 Å². The molecule has 4 rings (SSSR count). The maximum atomic E-state index is 12.5. The van der Waals surface area contributed by atoms with Gasteiger partial charge < -0.3 is 15.3 Å². The third kappa shape index (κ3) is 2.16. The highest BCUT2D eigenvalue weighted by Gasteiger charge is 2.69. The molecule has 0 heterocycles. The Morgan fingerprint density at radius 3 is 2.67 bits per heavy atom. The second kappa shape index (κ2) is 5.72. The van der Waals surface area contributed by atoms with Crippen molar-refractivity contribution in [3.63, 3.8) is 0 Å². The van der Waals surface area contributed by atoms with Crippen LogP contribution in [-0.2, 0) is 9.59 Å². The minimum absolute atomic E-state index is 0.0123. The molecule has 5 heteroatoms. The van der Waals surface area contributed by atoms with Crippen molar-refractivity contribution in [2.45, 2.75) is 45.3 Å². The number of hydrogen-bond donors (Lipinski definition) is 3. The molecule has 8 atom stereocenters. The summed E-state index contributed by atoms with van der Waals surface area (Å²) >= 11 is 0. The Hall–Kier alpha value is -1.56. The highest BCUT2D eigenvalue weighted by molar-refractivity contribution is 6.01. The van der Waals surface area contributed by atoms with E-state index in [9.17, 15) is 24.9 Å². The maximum Gasteiger partial charge on any atom is 0.190 e. The van der Waals surface area contributed by atoms with Gasteiger partial charge in [0.15, 0.2) is 11.6 Å². The number of hydrogen-bond acceptors (Lipinski definition) is 5. The van der Waals surface area contributed by atoms with Gasteiger partial charge in [-0.3, -0.25) is 9.59 Å². The Morgan fingerprint density at radius 1 is 1.30 bits per heavy atom. The van der Waals surface area contributed by atoms with Crippen molar-refractivity contribution in [3.05, 3.63) is 36.0 Å². The third-order valence-electron chi connectivity index (χ3n) is 8.21. The highest BCUT2D eigenvalue weighted by Crippen LogP contribution is 2.67. The largest absolute Gasteiger partial charge is 0.393 e. The summed E-state index contributed by atoms with van der Waals surface area (Å²) in [4.78, 5) is 24.4. The molecule has 2 saturated carbocycles. The van der Waals surface area contributed by atoms with Gasteiger partial charge in [0.2, 0.25) is 0 Å². The molecule has 0 amide bonds. The van der Waals surface area contributed by atoms with Gasteiger partial charge in [-0.25, -0.2) is 0 Å². The second-order valence-corrected chi connectivity index (χ2v) is 9.36. The van der Waals surface area contributed by atoms with Gasteiger partial charge in [-0.1, -0.05) is 39.0 Å². The predicted octanol–water partition coefficient (Wildman–Crippen LogP) is 1.58. The molecule has 3 N–H and O–H groups in total. The lowest BCUT2D eigenvalue weighted by molar-refractivity contribution is -0.178. The molecule has 2 fully saturated rings. The fraction of sp³-hybridized carbons (Fsp3) is 0.636. The molecule has 0 aromatic rings. The average Bonchev–Trinajstić information content (AvgIpc) is 2.82. The van der Waals surface area contributed by atoms with Crippen molar-refractivity contribution in [2.24, 2.45) is 34.5 Å². The van der Waals surface area contributed by atoms with Gasteiger partial charge in [-0.15, -0.1) is 0 Å². The summed E-state index contributed by atoms with van der Waals surface area (Å²) in [7, 11) is 0. The van der Waals surface area contributed by atoms with Crippen LogP contribution in [0, 0.1) is 34.5 Å². The molecule has 4 aliphatic carbocycles. The molecular weight excluding hydrogens is 344 g/mol. The first-order valence-corrected chi connectivity index (χ1v) is 9.77. The van der Waals surface area contributed by atoms with Crippen molar-refractivity contribution in [3.8, 4) is 0 Å². The third-order valence-corrected chi connectivity index (χ3v) is 8.21. The standard InChI is InChI=1S/C22H28O5/c1-12-8-16-15-5-4-13-9-14(24)6-7-20(13,2)19(15)17(25)10-21(16,3)22(12,27)18(26)11-23/h4-7,9,12,15-17,19,23,25,27H,8,10-11H2,1-3H3/t12?,15-,16-,17?,19+,20-,21-,22-/m0/s1. The summed E-state index contributed by atoms with van der Waals surface area (Å²) in [6, 6.07) is 0. The van der Waals surface area contributed by atoms with Gasteiger partial charge in [0.1, 0.15) is 12.2 Å². The molecule has 146 valence electrons. The monoisotopic (exact) mass is 372 g/mol. The van der Waals surface area contributed by atoms with Crippen LogP contribution in [0.15, 0.2) is 36.0 Å². The number of Topliss-reactive ketones (excluding diaryl/α,β-unsaturated/α-hetero) is 1. The van der Waals surface area contributed by atoms with Gasteiger partial charge >= 0.3 is 0 Å². The Kier molecular flexibility index (Phi) is 3.98. The first kappa shape index (κ1) is 18.8. The minimum atomic E-state index is -1.64. The average molecular weight is 372 g/mol. The van der Waals surface area contributed by atoms with Gasteiger partial charge in [0.25, 0.3) is 0 Å². The van der Waals surface area contributed by atoms with Crippen LogP contribution in [0.5, 0.6) is 0 Å². The number of carbonyl (C=O) groups excluding carboxylic acids is 2. The van der Waals surface area contributed by atoms with E-state index in [1.165, 1.54) is 0 Å².